The molecule has 5 heteroatoms. The van der Waals surface area contributed by atoms with E-state index >= 15 is 0 Å². The van der Waals surface area contributed by atoms with Gasteiger partial charge in [0.15, 0.2) is 0 Å². The van der Waals surface area contributed by atoms with E-state index < -0.39 is 6.04 Å². The van der Waals surface area contributed by atoms with Crippen molar-refractivity contribution in [1.82, 2.24) is 4.90 Å². The van der Waals surface area contributed by atoms with Crippen LogP contribution < -0.4 is 5.73 Å². The fourth-order valence-electron chi connectivity index (χ4n) is 2.45. The van der Waals surface area contributed by atoms with E-state index in [1.165, 1.54) is 17.0 Å². The van der Waals surface area contributed by atoms with Gasteiger partial charge in [0.2, 0.25) is 11.8 Å². The Kier molecular flexibility index (Phi) is 3.90. The van der Waals surface area contributed by atoms with Crippen molar-refractivity contribution in [1.29, 1.82) is 0 Å². The third-order valence-electron chi connectivity index (χ3n) is 3.52. The van der Waals surface area contributed by atoms with Gasteiger partial charge >= 0.3 is 0 Å². The van der Waals surface area contributed by atoms with Crippen LogP contribution in [0.25, 0.3) is 0 Å². The van der Waals surface area contributed by atoms with Crippen LogP contribution in [0.3, 0.4) is 0 Å². The van der Waals surface area contributed by atoms with E-state index in [-0.39, 0.29) is 29.6 Å². The van der Waals surface area contributed by atoms with Crippen molar-refractivity contribution >= 4 is 11.8 Å². The summed E-state index contributed by atoms with van der Waals surface area (Å²) in [4.78, 5) is 25.3. The average Bonchev–Trinajstić information content (AvgIpc) is 2.32. The van der Waals surface area contributed by atoms with Crippen LogP contribution in [-0.2, 0) is 9.59 Å². The topological polar surface area (TPSA) is 63.4 Å². The summed E-state index contributed by atoms with van der Waals surface area (Å²) in [7, 11) is 0. The Balaban J connectivity index is 2.10. The largest absolute Gasteiger partial charge is 0.322 e. The number of carbonyl (C=O) groups excluding carboxylic acids is 2. The number of carbonyl (C=O) groups is 2. The molecule has 0 aliphatic carbocycles. The van der Waals surface area contributed by atoms with Crippen molar-refractivity contribution in [2.75, 3.05) is 6.54 Å². The Bertz CT molecular complexity index is 522. The summed E-state index contributed by atoms with van der Waals surface area (Å²) >= 11 is 0. The number of amides is 2. The maximum atomic E-state index is 13.2. The highest BCUT2D eigenvalue weighted by atomic mass is 19.1. The number of imide groups is 1. The molecule has 2 amide bonds. The molecule has 108 valence electrons. The van der Waals surface area contributed by atoms with Gasteiger partial charge in [-0.25, -0.2) is 4.39 Å². The highest BCUT2D eigenvalue weighted by Crippen LogP contribution is 2.32. The normalized spacial score (nSPS) is 20.1. The maximum absolute atomic E-state index is 13.2. The monoisotopic (exact) mass is 278 g/mol. The molecule has 4 nitrogen and oxygen atoms in total. The summed E-state index contributed by atoms with van der Waals surface area (Å²) in [5.41, 5.74) is 6.26. The standard InChI is InChI=1S/C15H19FN2O2/c1-15(2)7-13(19)18(14(20)8-15)9-12(17)10-4-3-5-11(16)6-10/h3-6,12H,7-9,17H2,1-2H3. The Morgan fingerprint density at radius 1 is 1.30 bits per heavy atom. The van der Waals surface area contributed by atoms with Crippen LogP contribution in [0, 0.1) is 11.2 Å². The molecule has 1 atom stereocenters. The van der Waals surface area contributed by atoms with Crippen molar-refractivity contribution in [3.63, 3.8) is 0 Å². The van der Waals surface area contributed by atoms with E-state index in [1.807, 2.05) is 13.8 Å². The fourth-order valence-corrected chi connectivity index (χ4v) is 2.45. The number of likely N-dealkylation sites (tertiary alicyclic amines) is 1. The minimum Gasteiger partial charge on any atom is -0.322 e. The molecule has 1 unspecified atom stereocenters. The summed E-state index contributed by atoms with van der Waals surface area (Å²) in [6.07, 6.45) is 0.656. The predicted molar refractivity (Wildman–Crippen MR) is 73.1 cm³/mol. The summed E-state index contributed by atoms with van der Waals surface area (Å²) in [5.74, 6) is -0.799. The smallest absolute Gasteiger partial charge is 0.229 e. The SMILES string of the molecule is CC1(C)CC(=O)N(CC(N)c2cccc(F)c2)C(=O)C1. The van der Waals surface area contributed by atoms with Gasteiger partial charge in [0.05, 0.1) is 0 Å². The van der Waals surface area contributed by atoms with E-state index in [9.17, 15) is 14.0 Å². The lowest BCUT2D eigenvalue weighted by molar-refractivity contribution is -0.152. The molecule has 1 aromatic rings. The lowest BCUT2D eigenvalue weighted by Crippen LogP contribution is -2.48. The Labute approximate surface area is 117 Å². The van der Waals surface area contributed by atoms with Crippen molar-refractivity contribution in [2.24, 2.45) is 11.1 Å². The number of piperidine rings is 1. The van der Waals surface area contributed by atoms with Crippen LogP contribution >= 0.6 is 0 Å². The van der Waals surface area contributed by atoms with E-state index in [1.54, 1.807) is 12.1 Å². The second-order valence-corrected chi connectivity index (χ2v) is 6.08. The van der Waals surface area contributed by atoms with Crippen molar-refractivity contribution in [3.8, 4) is 0 Å². The molecule has 2 rings (SSSR count). The molecule has 2 N–H and O–H groups in total. The van der Waals surface area contributed by atoms with Crippen LogP contribution in [-0.4, -0.2) is 23.3 Å². The molecular formula is C15H19FN2O2. The quantitative estimate of drug-likeness (QED) is 0.860. The van der Waals surface area contributed by atoms with Gasteiger partial charge in [-0.1, -0.05) is 26.0 Å². The van der Waals surface area contributed by atoms with Crippen LogP contribution in [0.2, 0.25) is 0 Å². The summed E-state index contributed by atoms with van der Waals surface area (Å²) in [6.45, 7) is 3.89. The van der Waals surface area contributed by atoms with E-state index in [0.29, 0.717) is 18.4 Å². The Morgan fingerprint density at radius 2 is 1.90 bits per heavy atom. The first-order valence-electron chi connectivity index (χ1n) is 6.63. The number of hydrogen-bond acceptors (Lipinski definition) is 3. The molecule has 1 aliphatic heterocycles. The summed E-state index contributed by atoms with van der Waals surface area (Å²) < 4.78 is 13.2. The third kappa shape index (κ3) is 3.22. The first-order chi connectivity index (χ1) is 9.28. The highest BCUT2D eigenvalue weighted by Gasteiger charge is 2.37. The highest BCUT2D eigenvalue weighted by molar-refractivity contribution is 5.98. The minimum absolute atomic E-state index is 0.0944. The second-order valence-electron chi connectivity index (χ2n) is 6.08. The van der Waals surface area contributed by atoms with Gasteiger partial charge in [-0.05, 0) is 23.1 Å². The first-order valence-corrected chi connectivity index (χ1v) is 6.63. The number of halogens is 1. The van der Waals surface area contributed by atoms with Crippen LogP contribution in [0.15, 0.2) is 24.3 Å². The zero-order valence-electron chi connectivity index (χ0n) is 11.7. The minimum atomic E-state index is -0.570. The van der Waals surface area contributed by atoms with Gasteiger partial charge < -0.3 is 5.73 Å². The molecule has 1 fully saturated rings. The molecule has 0 bridgehead atoms. The Morgan fingerprint density at radius 3 is 2.45 bits per heavy atom. The number of rotatable bonds is 3. The molecule has 0 saturated carbocycles. The van der Waals surface area contributed by atoms with Gasteiger partial charge in [-0.3, -0.25) is 14.5 Å². The lowest BCUT2D eigenvalue weighted by Gasteiger charge is -2.35. The number of benzene rings is 1. The summed E-state index contributed by atoms with van der Waals surface area (Å²) in [6, 6.07) is 5.34. The first kappa shape index (κ1) is 14.7. The maximum Gasteiger partial charge on any atom is 0.229 e. The molecule has 1 aliphatic rings. The zero-order valence-corrected chi connectivity index (χ0v) is 11.7. The lowest BCUT2D eigenvalue weighted by atomic mass is 9.81. The van der Waals surface area contributed by atoms with E-state index in [4.69, 9.17) is 5.73 Å². The van der Waals surface area contributed by atoms with Gasteiger partial charge in [0.25, 0.3) is 0 Å². The van der Waals surface area contributed by atoms with Crippen molar-refractivity contribution in [3.05, 3.63) is 35.6 Å². The van der Waals surface area contributed by atoms with E-state index in [0.717, 1.165) is 0 Å². The van der Waals surface area contributed by atoms with Crippen molar-refractivity contribution in [2.45, 2.75) is 32.7 Å². The molecule has 1 saturated heterocycles. The second kappa shape index (κ2) is 5.32. The number of nitrogens with zero attached hydrogens (tertiary/aromatic N) is 1. The van der Waals surface area contributed by atoms with Crippen LogP contribution in [0.4, 0.5) is 4.39 Å². The van der Waals surface area contributed by atoms with Crippen molar-refractivity contribution < 1.29 is 14.0 Å². The van der Waals surface area contributed by atoms with Gasteiger partial charge in [-0.15, -0.1) is 0 Å². The molecule has 20 heavy (non-hydrogen) atoms. The number of hydrogen-bond donors (Lipinski definition) is 1. The van der Waals surface area contributed by atoms with E-state index in [2.05, 4.69) is 0 Å². The van der Waals surface area contributed by atoms with Crippen LogP contribution in [0.1, 0.15) is 38.3 Å². The molecule has 1 heterocycles. The zero-order chi connectivity index (χ0) is 14.9. The molecule has 0 spiro atoms. The van der Waals surface area contributed by atoms with Gasteiger partial charge in [0, 0.05) is 25.4 Å². The fraction of sp³-hybridized carbons (Fsp3) is 0.467. The third-order valence-corrected chi connectivity index (χ3v) is 3.52. The molecule has 0 radical (unpaired) electrons. The Hall–Kier alpha value is -1.75. The average molecular weight is 278 g/mol. The summed E-state index contributed by atoms with van der Waals surface area (Å²) in [5, 5.41) is 0. The van der Waals surface area contributed by atoms with Gasteiger partial charge in [-0.2, -0.15) is 0 Å². The van der Waals surface area contributed by atoms with Crippen LogP contribution in [0.5, 0.6) is 0 Å². The predicted octanol–water partition coefficient (Wildman–Crippen LogP) is 2.00. The number of nitrogens with two attached hydrogens (primary N) is 1. The molecular weight excluding hydrogens is 259 g/mol. The molecule has 1 aromatic carbocycles. The van der Waals surface area contributed by atoms with Gasteiger partial charge in [0.1, 0.15) is 5.82 Å². The molecule has 0 aromatic heterocycles.